The van der Waals surface area contributed by atoms with E-state index in [0.29, 0.717) is 0 Å². The third-order valence-electron chi connectivity index (χ3n) is 6.35. The van der Waals surface area contributed by atoms with E-state index in [9.17, 15) is 10.1 Å². The number of aryl methyl sites for hydroxylation is 4. The highest BCUT2D eigenvalue weighted by atomic mass is 16.6. The van der Waals surface area contributed by atoms with E-state index in [-0.39, 0.29) is 16.1 Å². The van der Waals surface area contributed by atoms with Crippen molar-refractivity contribution in [2.75, 3.05) is 5.73 Å². The number of fused-ring (bicyclic) bond motifs is 2. The largest absolute Gasteiger partial charge is 0.412 e. The number of nitro benzene ring substituents is 1. The number of hydrogen-bond acceptors (Lipinski definition) is 5. The van der Waals surface area contributed by atoms with Crippen LogP contribution in [0.1, 0.15) is 22.3 Å². The second kappa shape index (κ2) is 11.4. The van der Waals surface area contributed by atoms with Crippen LogP contribution in [0, 0.1) is 10.1 Å². The van der Waals surface area contributed by atoms with Gasteiger partial charge in [-0.15, -0.1) is 0 Å². The van der Waals surface area contributed by atoms with Crippen LogP contribution in [0.25, 0.3) is 22.3 Å². The van der Waals surface area contributed by atoms with Gasteiger partial charge in [-0.1, -0.05) is 60.7 Å². The highest BCUT2D eigenvalue weighted by molar-refractivity contribution is 5.69. The van der Waals surface area contributed by atoms with Crippen molar-refractivity contribution in [3.8, 4) is 22.3 Å². The second-order valence-corrected chi connectivity index (χ2v) is 8.40. The molecule has 0 unspecified atom stereocenters. The summed E-state index contributed by atoms with van der Waals surface area (Å²) in [5, 5.41) is 10.7. The maximum atomic E-state index is 10.7. The van der Waals surface area contributed by atoms with E-state index in [1.165, 1.54) is 52.3 Å². The highest BCUT2D eigenvalue weighted by Gasteiger charge is 2.15. The lowest BCUT2D eigenvalue weighted by atomic mass is 9.86. The minimum Gasteiger partial charge on any atom is -0.412 e. The minimum atomic E-state index is -0.357. The van der Waals surface area contributed by atoms with E-state index in [0.717, 1.165) is 29.7 Å². The topological polar surface area (TPSA) is 153 Å². The van der Waals surface area contributed by atoms with Crippen molar-refractivity contribution in [2.45, 2.75) is 25.7 Å². The fraction of sp³-hybridized carbons (Fsp3) is 0.143. The van der Waals surface area contributed by atoms with Crippen LogP contribution < -0.4 is 17.4 Å². The number of nitro groups is 1. The molecule has 8 N–H and O–H groups in total. The van der Waals surface area contributed by atoms with Crippen LogP contribution in [0.4, 0.5) is 11.4 Å². The van der Waals surface area contributed by atoms with Crippen molar-refractivity contribution in [2.24, 2.45) is 11.7 Å². The van der Waals surface area contributed by atoms with Gasteiger partial charge in [-0.05, 0) is 82.3 Å². The summed E-state index contributed by atoms with van der Waals surface area (Å²) in [6.07, 6.45) is 4.75. The molecule has 0 saturated heterocycles. The number of rotatable bonds is 3. The predicted molar refractivity (Wildman–Crippen MR) is 142 cm³/mol. The summed E-state index contributed by atoms with van der Waals surface area (Å²) in [7, 11) is 0. The summed E-state index contributed by atoms with van der Waals surface area (Å²) in [4.78, 5) is 10.4. The Morgan fingerprint density at radius 1 is 0.600 bits per heavy atom. The Labute approximate surface area is 204 Å². The first-order chi connectivity index (χ1) is 16.6. The van der Waals surface area contributed by atoms with E-state index in [1.807, 2.05) is 30.3 Å². The first-order valence-corrected chi connectivity index (χ1v) is 11.2. The van der Waals surface area contributed by atoms with Gasteiger partial charge in [0.2, 0.25) is 0 Å². The molecule has 0 radical (unpaired) electrons. The molecule has 35 heavy (non-hydrogen) atoms. The molecule has 0 aromatic heterocycles. The van der Waals surface area contributed by atoms with Gasteiger partial charge in [-0.3, -0.25) is 21.8 Å². The van der Waals surface area contributed by atoms with Crippen LogP contribution in [-0.4, -0.2) is 10.4 Å². The monoisotopic (exact) mass is 470 g/mol. The third kappa shape index (κ3) is 5.73. The van der Waals surface area contributed by atoms with Crippen LogP contribution in [0.15, 0.2) is 84.9 Å². The zero-order valence-electron chi connectivity index (χ0n) is 19.4. The van der Waals surface area contributed by atoms with Gasteiger partial charge in [0, 0.05) is 17.8 Å². The molecular formula is C28H30N4O3. The van der Waals surface area contributed by atoms with Gasteiger partial charge in [0.15, 0.2) is 0 Å². The van der Waals surface area contributed by atoms with Gasteiger partial charge >= 0.3 is 0 Å². The highest BCUT2D eigenvalue weighted by Crippen LogP contribution is 2.31. The van der Waals surface area contributed by atoms with Crippen molar-refractivity contribution < 1.29 is 10.4 Å². The first-order valence-electron chi connectivity index (χ1n) is 11.2. The Hall–Kier alpha value is -4.04. The third-order valence-corrected chi connectivity index (χ3v) is 6.35. The smallest absolute Gasteiger partial charge is 0.270 e. The Morgan fingerprint density at radius 3 is 1.49 bits per heavy atom. The van der Waals surface area contributed by atoms with Gasteiger partial charge in [-0.2, -0.15) is 0 Å². The molecule has 4 aromatic carbocycles. The molecule has 0 fully saturated rings. The fourth-order valence-electron chi connectivity index (χ4n) is 4.27. The summed E-state index contributed by atoms with van der Waals surface area (Å²) < 4.78 is 0. The van der Waals surface area contributed by atoms with Crippen molar-refractivity contribution in [1.82, 2.24) is 0 Å². The number of nitrogen functional groups attached to an aromatic ring is 1. The molecule has 2 aliphatic rings. The number of non-ortho nitro benzene ring substituents is 1. The molecule has 0 spiro atoms. The molecule has 0 aliphatic heterocycles. The number of nitrogens with zero attached hydrogens (tertiary/aromatic N) is 1. The molecule has 6 rings (SSSR count). The normalized spacial score (nSPS) is 11.9. The Kier molecular flexibility index (Phi) is 8.33. The van der Waals surface area contributed by atoms with Crippen molar-refractivity contribution >= 4 is 11.4 Å². The average Bonchev–Trinajstić information content (AvgIpc) is 2.82. The van der Waals surface area contributed by atoms with Crippen LogP contribution in [0.3, 0.4) is 0 Å². The Bertz CT molecular complexity index is 1340. The molecule has 0 amide bonds. The Morgan fingerprint density at radius 2 is 1.06 bits per heavy atom. The summed E-state index contributed by atoms with van der Waals surface area (Å²) >= 11 is 0. The molecule has 180 valence electrons. The number of nitrogens with two attached hydrogens (primary N) is 3. The van der Waals surface area contributed by atoms with Gasteiger partial charge < -0.3 is 11.2 Å². The summed E-state index contributed by atoms with van der Waals surface area (Å²) in [6.45, 7) is 0. The van der Waals surface area contributed by atoms with E-state index in [1.54, 1.807) is 12.1 Å². The van der Waals surface area contributed by atoms with Crippen molar-refractivity contribution in [3.63, 3.8) is 0 Å². The van der Waals surface area contributed by atoms with Crippen molar-refractivity contribution in [3.05, 3.63) is 117 Å². The summed E-state index contributed by atoms with van der Waals surface area (Å²) in [5.41, 5.74) is 17.0. The van der Waals surface area contributed by atoms with Crippen molar-refractivity contribution in [1.29, 1.82) is 0 Å². The van der Waals surface area contributed by atoms with Gasteiger partial charge in [-0.25, -0.2) is 0 Å². The lowest BCUT2D eigenvalue weighted by Crippen LogP contribution is -2.07. The quantitative estimate of drug-likeness (QED) is 0.175. The lowest BCUT2D eigenvalue weighted by molar-refractivity contribution is -0.384. The number of benzene rings is 4. The average molecular weight is 471 g/mol. The van der Waals surface area contributed by atoms with E-state index >= 15 is 0 Å². The molecule has 0 bridgehead atoms. The van der Waals surface area contributed by atoms with Crippen LogP contribution >= 0.6 is 0 Å². The maximum absolute atomic E-state index is 10.7. The summed E-state index contributed by atoms with van der Waals surface area (Å²) in [6, 6.07) is 27.8. The maximum Gasteiger partial charge on any atom is 0.270 e. The first kappa shape index (κ1) is 25.6. The number of hydrogen-bond donors (Lipinski definition) is 3. The lowest BCUT2D eigenvalue weighted by Gasteiger charge is -2.19. The predicted octanol–water partition coefficient (Wildman–Crippen LogP) is 4.39. The van der Waals surface area contributed by atoms with Crippen LogP contribution in [0.5, 0.6) is 0 Å². The zero-order valence-corrected chi connectivity index (χ0v) is 19.4. The minimum absolute atomic E-state index is 0. The molecule has 0 saturated carbocycles. The molecule has 4 aromatic rings. The second-order valence-electron chi connectivity index (χ2n) is 8.40. The molecule has 2 aliphatic carbocycles. The SMILES string of the molecule is NN.Nc1cccc(-c2ccc3c(c2)CC3)c1.O.O=[N+]([O-])c1cccc(-c2ccc3c(c2)CC3)c1. The van der Waals surface area contributed by atoms with E-state index in [2.05, 4.69) is 48.1 Å². The summed E-state index contributed by atoms with van der Waals surface area (Å²) in [5.74, 6) is 8.00. The van der Waals surface area contributed by atoms with Crippen LogP contribution in [0.2, 0.25) is 0 Å². The fourth-order valence-corrected chi connectivity index (χ4v) is 4.27. The zero-order chi connectivity index (χ0) is 24.1. The molecule has 0 atom stereocenters. The molecule has 7 heteroatoms. The molecule has 7 nitrogen and oxygen atoms in total. The number of anilines is 1. The molecule has 0 heterocycles. The van der Waals surface area contributed by atoms with Crippen LogP contribution in [-0.2, 0) is 25.7 Å². The standard InChI is InChI=1S/C14H11NO2.C14H13N.H4N2.H2O/c16-15(17)14-3-1-2-11(9-14)13-7-5-10-4-6-12(10)8-13;15-14-3-1-2-11(9-14)13-7-5-10-4-6-12(10)8-13;1-2;/h1-3,5,7-9H,4,6H2;1-3,5,7-9H,4,6,15H2;1-2H2;1H2. The van der Waals surface area contributed by atoms with Gasteiger partial charge in [0.25, 0.3) is 5.69 Å². The van der Waals surface area contributed by atoms with E-state index in [4.69, 9.17) is 5.73 Å². The molecular weight excluding hydrogens is 440 g/mol. The number of hydrazine groups is 1. The van der Waals surface area contributed by atoms with Gasteiger partial charge in [0.1, 0.15) is 0 Å². The van der Waals surface area contributed by atoms with E-state index < -0.39 is 0 Å². The Balaban J connectivity index is 0.000000179. The van der Waals surface area contributed by atoms with Gasteiger partial charge in [0.05, 0.1) is 4.92 Å².